The molecule has 1 fully saturated rings. The molecule has 20 heavy (non-hydrogen) atoms. The second-order valence-corrected chi connectivity index (χ2v) is 5.34. The van der Waals surface area contributed by atoms with Crippen molar-refractivity contribution in [3.63, 3.8) is 0 Å². The largest absolute Gasteiger partial charge is 0.356 e. The molecule has 1 saturated heterocycles. The van der Waals surface area contributed by atoms with Crippen molar-refractivity contribution in [2.45, 2.75) is 13.8 Å². The highest BCUT2D eigenvalue weighted by Crippen LogP contribution is 2.09. The Bertz CT molecular complexity index is 423. The van der Waals surface area contributed by atoms with E-state index in [4.69, 9.17) is 0 Å². The molecular formula is C14H24N6. The first-order chi connectivity index (χ1) is 9.70. The van der Waals surface area contributed by atoms with E-state index in [1.807, 2.05) is 13.1 Å². The van der Waals surface area contributed by atoms with Crippen LogP contribution in [0.15, 0.2) is 23.5 Å². The second kappa shape index (κ2) is 7.07. The summed E-state index contributed by atoms with van der Waals surface area (Å²) in [4.78, 5) is 17.5. The fraction of sp³-hybridized carbons (Fsp3) is 0.643. The van der Waals surface area contributed by atoms with Gasteiger partial charge in [0.05, 0.1) is 0 Å². The number of piperazine rings is 1. The van der Waals surface area contributed by atoms with E-state index in [9.17, 15) is 0 Å². The first-order valence-electron chi connectivity index (χ1n) is 7.18. The Labute approximate surface area is 120 Å². The maximum Gasteiger partial charge on any atom is 0.225 e. The van der Waals surface area contributed by atoms with Crippen LogP contribution in [0.2, 0.25) is 0 Å². The summed E-state index contributed by atoms with van der Waals surface area (Å²) in [6.07, 6.45) is 3.58. The van der Waals surface area contributed by atoms with Gasteiger partial charge < -0.3 is 15.1 Å². The zero-order valence-corrected chi connectivity index (χ0v) is 12.6. The van der Waals surface area contributed by atoms with Crippen molar-refractivity contribution in [3.05, 3.63) is 18.5 Å². The topological polar surface area (TPSA) is 56.7 Å². The van der Waals surface area contributed by atoms with Crippen molar-refractivity contribution in [1.29, 1.82) is 0 Å². The quantitative estimate of drug-likeness (QED) is 0.654. The van der Waals surface area contributed by atoms with Crippen LogP contribution in [0.25, 0.3) is 0 Å². The summed E-state index contributed by atoms with van der Waals surface area (Å²) in [5, 5.41) is 3.42. The molecule has 6 heteroatoms. The summed E-state index contributed by atoms with van der Waals surface area (Å²) in [6.45, 7) is 9.08. The smallest absolute Gasteiger partial charge is 0.225 e. The van der Waals surface area contributed by atoms with Gasteiger partial charge in [-0.1, -0.05) is 13.8 Å². The Morgan fingerprint density at radius 1 is 1.25 bits per heavy atom. The molecular weight excluding hydrogens is 252 g/mol. The summed E-state index contributed by atoms with van der Waals surface area (Å²) in [5.74, 6) is 2.43. The third-order valence-electron chi connectivity index (χ3n) is 3.29. The minimum atomic E-state index is 0.616. The minimum Gasteiger partial charge on any atom is -0.356 e. The van der Waals surface area contributed by atoms with Gasteiger partial charge in [0.2, 0.25) is 5.95 Å². The van der Waals surface area contributed by atoms with Gasteiger partial charge in [0, 0.05) is 52.2 Å². The molecule has 0 atom stereocenters. The van der Waals surface area contributed by atoms with Crippen LogP contribution in [0.5, 0.6) is 0 Å². The van der Waals surface area contributed by atoms with E-state index < -0.39 is 0 Å². The van der Waals surface area contributed by atoms with E-state index in [1.165, 1.54) is 0 Å². The van der Waals surface area contributed by atoms with E-state index in [0.717, 1.165) is 44.6 Å². The molecule has 0 bridgehead atoms. The van der Waals surface area contributed by atoms with Gasteiger partial charge in [0.15, 0.2) is 5.96 Å². The zero-order valence-electron chi connectivity index (χ0n) is 12.6. The van der Waals surface area contributed by atoms with Crippen LogP contribution in [0.1, 0.15) is 13.8 Å². The molecule has 0 aromatic carbocycles. The fourth-order valence-electron chi connectivity index (χ4n) is 2.20. The van der Waals surface area contributed by atoms with Crippen molar-refractivity contribution >= 4 is 11.9 Å². The van der Waals surface area contributed by atoms with Crippen molar-refractivity contribution in [2.24, 2.45) is 10.9 Å². The van der Waals surface area contributed by atoms with Crippen LogP contribution in [0.3, 0.4) is 0 Å². The number of nitrogens with one attached hydrogen (secondary N) is 1. The predicted octanol–water partition coefficient (Wildman–Crippen LogP) is 0.830. The lowest BCUT2D eigenvalue weighted by atomic mass is 10.2. The van der Waals surface area contributed by atoms with Crippen LogP contribution in [0.4, 0.5) is 5.95 Å². The van der Waals surface area contributed by atoms with Gasteiger partial charge in [-0.2, -0.15) is 0 Å². The lowest BCUT2D eigenvalue weighted by Crippen LogP contribution is -2.53. The Morgan fingerprint density at radius 2 is 1.90 bits per heavy atom. The molecule has 1 aromatic rings. The molecule has 0 saturated carbocycles. The molecule has 0 amide bonds. The molecule has 0 aliphatic carbocycles. The molecule has 1 N–H and O–H groups in total. The number of hydrogen-bond donors (Lipinski definition) is 1. The molecule has 0 unspecified atom stereocenters. The lowest BCUT2D eigenvalue weighted by Gasteiger charge is -2.36. The normalized spacial score (nSPS) is 16.7. The predicted molar refractivity (Wildman–Crippen MR) is 82.0 cm³/mol. The number of aromatic nitrogens is 2. The highest BCUT2D eigenvalue weighted by molar-refractivity contribution is 5.80. The molecule has 0 radical (unpaired) electrons. The van der Waals surface area contributed by atoms with Gasteiger partial charge in [0.1, 0.15) is 0 Å². The molecule has 1 aliphatic rings. The first kappa shape index (κ1) is 14.6. The van der Waals surface area contributed by atoms with Crippen molar-refractivity contribution in [2.75, 3.05) is 44.7 Å². The van der Waals surface area contributed by atoms with Gasteiger partial charge in [-0.15, -0.1) is 0 Å². The first-order valence-corrected chi connectivity index (χ1v) is 7.18. The molecule has 1 aliphatic heterocycles. The molecule has 1 aromatic heterocycles. The Kier molecular flexibility index (Phi) is 5.15. The van der Waals surface area contributed by atoms with E-state index in [-0.39, 0.29) is 0 Å². The number of guanidine groups is 1. The van der Waals surface area contributed by atoms with Crippen molar-refractivity contribution in [1.82, 2.24) is 20.2 Å². The summed E-state index contributed by atoms with van der Waals surface area (Å²) >= 11 is 0. The van der Waals surface area contributed by atoms with Crippen LogP contribution in [-0.2, 0) is 0 Å². The monoisotopic (exact) mass is 276 g/mol. The van der Waals surface area contributed by atoms with E-state index in [1.54, 1.807) is 12.4 Å². The zero-order chi connectivity index (χ0) is 14.4. The molecule has 6 nitrogen and oxygen atoms in total. The fourth-order valence-corrected chi connectivity index (χ4v) is 2.20. The number of hydrogen-bond acceptors (Lipinski definition) is 4. The Morgan fingerprint density at radius 3 is 2.45 bits per heavy atom. The van der Waals surface area contributed by atoms with Crippen molar-refractivity contribution < 1.29 is 0 Å². The van der Waals surface area contributed by atoms with Gasteiger partial charge in [-0.3, -0.25) is 4.99 Å². The number of nitrogens with zero attached hydrogens (tertiary/aromatic N) is 5. The third-order valence-corrected chi connectivity index (χ3v) is 3.29. The molecule has 2 rings (SSSR count). The lowest BCUT2D eigenvalue weighted by molar-refractivity contribution is 0.367. The second-order valence-electron chi connectivity index (χ2n) is 5.34. The van der Waals surface area contributed by atoms with E-state index >= 15 is 0 Å². The minimum absolute atomic E-state index is 0.616. The maximum atomic E-state index is 4.36. The van der Waals surface area contributed by atoms with Gasteiger partial charge >= 0.3 is 0 Å². The van der Waals surface area contributed by atoms with Gasteiger partial charge in [0.25, 0.3) is 0 Å². The average molecular weight is 276 g/mol. The Balaban J connectivity index is 1.87. The van der Waals surface area contributed by atoms with Crippen LogP contribution < -0.4 is 10.2 Å². The average Bonchev–Trinajstić information content (AvgIpc) is 2.49. The maximum absolute atomic E-state index is 4.36. The molecule has 0 spiro atoms. The summed E-state index contributed by atoms with van der Waals surface area (Å²) in [5.41, 5.74) is 0. The third kappa shape index (κ3) is 3.82. The highest BCUT2D eigenvalue weighted by atomic mass is 15.4. The summed E-state index contributed by atoms with van der Waals surface area (Å²) in [6, 6.07) is 1.84. The standard InChI is InChI=1S/C14H24N6/c1-12(2)11-18-13(15-3)19-7-9-20(10-8-19)14-16-5-4-6-17-14/h4-6,12H,7-11H2,1-3H3,(H,15,18). The van der Waals surface area contributed by atoms with Crippen LogP contribution in [-0.4, -0.2) is 60.6 Å². The summed E-state index contributed by atoms with van der Waals surface area (Å²) < 4.78 is 0. The SMILES string of the molecule is CN=C(NCC(C)C)N1CCN(c2ncccn2)CC1. The highest BCUT2D eigenvalue weighted by Gasteiger charge is 2.20. The number of anilines is 1. The van der Waals surface area contributed by atoms with Crippen molar-refractivity contribution in [3.8, 4) is 0 Å². The summed E-state index contributed by atoms with van der Waals surface area (Å²) in [7, 11) is 1.84. The molecule has 2 heterocycles. The number of rotatable bonds is 3. The van der Waals surface area contributed by atoms with Gasteiger partial charge in [-0.25, -0.2) is 9.97 Å². The van der Waals surface area contributed by atoms with E-state index in [0.29, 0.717) is 5.92 Å². The Hall–Kier alpha value is -1.85. The molecule has 110 valence electrons. The van der Waals surface area contributed by atoms with Crippen LogP contribution in [0, 0.1) is 5.92 Å². The van der Waals surface area contributed by atoms with Gasteiger partial charge in [-0.05, 0) is 12.0 Å². The van der Waals surface area contributed by atoms with Crippen LogP contribution >= 0.6 is 0 Å². The van der Waals surface area contributed by atoms with E-state index in [2.05, 4.69) is 43.9 Å². The number of aliphatic imine (C=N–C) groups is 1.